The predicted octanol–water partition coefficient (Wildman–Crippen LogP) is 2.11. The second-order valence-corrected chi connectivity index (χ2v) is 7.43. The van der Waals surface area contributed by atoms with Crippen molar-refractivity contribution in [2.45, 2.75) is 46.6 Å². The van der Waals surface area contributed by atoms with Crippen LogP contribution in [0, 0.1) is 20.8 Å². The highest BCUT2D eigenvalue weighted by Gasteiger charge is 2.31. The highest BCUT2D eigenvalue weighted by Crippen LogP contribution is 2.43. The zero-order valence-electron chi connectivity index (χ0n) is 17.1. The number of esters is 2. The van der Waals surface area contributed by atoms with E-state index in [2.05, 4.69) is 4.90 Å². The lowest BCUT2D eigenvalue weighted by atomic mass is 9.95. The van der Waals surface area contributed by atoms with E-state index in [4.69, 9.17) is 18.9 Å². The van der Waals surface area contributed by atoms with E-state index in [1.54, 1.807) is 0 Å². The van der Waals surface area contributed by atoms with E-state index in [1.807, 2.05) is 20.8 Å². The summed E-state index contributed by atoms with van der Waals surface area (Å²) in [5.74, 6) is 0.807. The van der Waals surface area contributed by atoms with Gasteiger partial charge in [0.1, 0.15) is 24.2 Å². The molecule has 28 heavy (non-hydrogen) atoms. The van der Waals surface area contributed by atoms with Crippen LogP contribution >= 0.6 is 0 Å². The van der Waals surface area contributed by atoms with E-state index >= 15 is 0 Å². The van der Waals surface area contributed by atoms with Crippen molar-refractivity contribution in [1.29, 1.82) is 0 Å². The van der Waals surface area contributed by atoms with Gasteiger partial charge in [0.2, 0.25) is 0 Å². The van der Waals surface area contributed by atoms with Crippen LogP contribution in [0.2, 0.25) is 0 Å². The number of hydrogen-bond donors (Lipinski definition) is 0. The first kappa shape index (κ1) is 20.6. The molecule has 0 aromatic heterocycles. The summed E-state index contributed by atoms with van der Waals surface area (Å²) in [5, 5.41) is 0. The van der Waals surface area contributed by atoms with Crippen LogP contribution in [0.25, 0.3) is 0 Å². The molecule has 1 aromatic carbocycles. The first-order valence-electron chi connectivity index (χ1n) is 9.80. The van der Waals surface area contributed by atoms with Gasteiger partial charge in [-0.05, 0) is 37.5 Å². The van der Waals surface area contributed by atoms with Crippen molar-refractivity contribution in [3.05, 3.63) is 22.3 Å². The molecule has 1 fully saturated rings. The normalized spacial score (nSPS) is 19.1. The smallest absolute Gasteiger partial charge is 0.309 e. The molecule has 0 radical (unpaired) electrons. The van der Waals surface area contributed by atoms with Crippen LogP contribution in [-0.4, -0.2) is 62.4 Å². The van der Waals surface area contributed by atoms with Gasteiger partial charge in [0, 0.05) is 38.5 Å². The molecule has 0 N–H and O–H groups in total. The molecule has 0 amide bonds. The van der Waals surface area contributed by atoms with Gasteiger partial charge in [0.25, 0.3) is 0 Å². The van der Waals surface area contributed by atoms with Gasteiger partial charge in [-0.2, -0.15) is 0 Å². The Bertz CT molecular complexity index is 754. The molecule has 0 aliphatic carbocycles. The van der Waals surface area contributed by atoms with E-state index in [1.165, 1.54) is 6.92 Å². The Labute approximate surface area is 165 Å². The van der Waals surface area contributed by atoms with Crippen molar-refractivity contribution >= 4 is 11.9 Å². The van der Waals surface area contributed by atoms with Crippen LogP contribution < -0.4 is 9.47 Å². The van der Waals surface area contributed by atoms with Gasteiger partial charge in [0.15, 0.2) is 0 Å². The summed E-state index contributed by atoms with van der Waals surface area (Å²) in [5.41, 5.74) is 3.74. The Morgan fingerprint density at radius 3 is 2.50 bits per heavy atom. The fourth-order valence-corrected chi connectivity index (χ4v) is 3.77. The molecular formula is C21H29NO6. The Kier molecular flexibility index (Phi) is 6.57. The molecule has 1 saturated heterocycles. The summed E-state index contributed by atoms with van der Waals surface area (Å²) in [6.45, 7) is 11.5. The van der Waals surface area contributed by atoms with Crippen molar-refractivity contribution in [2.75, 3.05) is 39.5 Å². The lowest BCUT2D eigenvalue weighted by Crippen LogP contribution is -2.38. The number of ether oxygens (including phenoxy) is 4. The summed E-state index contributed by atoms with van der Waals surface area (Å²) >= 11 is 0. The lowest BCUT2D eigenvalue weighted by Gasteiger charge is -2.26. The second kappa shape index (κ2) is 8.92. The van der Waals surface area contributed by atoms with Crippen molar-refractivity contribution in [3.63, 3.8) is 0 Å². The monoisotopic (exact) mass is 391 g/mol. The first-order chi connectivity index (χ1) is 13.4. The van der Waals surface area contributed by atoms with Crippen molar-refractivity contribution < 1.29 is 28.5 Å². The molecule has 154 valence electrons. The molecule has 2 aliphatic heterocycles. The van der Waals surface area contributed by atoms with Crippen molar-refractivity contribution in [3.8, 4) is 11.5 Å². The van der Waals surface area contributed by atoms with Crippen LogP contribution in [0.15, 0.2) is 0 Å². The zero-order valence-corrected chi connectivity index (χ0v) is 17.1. The van der Waals surface area contributed by atoms with Gasteiger partial charge < -0.3 is 18.9 Å². The van der Waals surface area contributed by atoms with E-state index in [9.17, 15) is 9.59 Å². The summed E-state index contributed by atoms with van der Waals surface area (Å²) in [6, 6.07) is 0. The average Bonchev–Trinajstić information content (AvgIpc) is 3.08. The molecule has 7 heteroatoms. The summed E-state index contributed by atoms with van der Waals surface area (Å²) in [4.78, 5) is 25.9. The lowest BCUT2D eigenvalue weighted by molar-refractivity contribution is -0.146. The van der Waals surface area contributed by atoms with E-state index < -0.39 is 0 Å². The molecule has 0 bridgehead atoms. The molecule has 1 atom stereocenters. The van der Waals surface area contributed by atoms with Crippen LogP contribution in [0.1, 0.15) is 35.6 Å². The third kappa shape index (κ3) is 4.64. The molecule has 1 unspecified atom stereocenters. The largest absolute Gasteiger partial charge is 0.489 e. The number of morpholine rings is 1. The number of carbonyl (C=O) groups is 2. The van der Waals surface area contributed by atoms with Gasteiger partial charge in [-0.3, -0.25) is 14.5 Å². The maximum Gasteiger partial charge on any atom is 0.309 e. The maximum absolute atomic E-state index is 12.2. The number of rotatable bonds is 6. The molecule has 7 nitrogen and oxygen atoms in total. The van der Waals surface area contributed by atoms with Gasteiger partial charge in [-0.15, -0.1) is 0 Å². The minimum atomic E-state index is -0.343. The molecular weight excluding hydrogens is 362 g/mol. The zero-order chi connectivity index (χ0) is 20.3. The van der Waals surface area contributed by atoms with Crippen LogP contribution in [0.4, 0.5) is 0 Å². The van der Waals surface area contributed by atoms with Gasteiger partial charge in [-0.1, -0.05) is 0 Å². The minimum Gasteiger partial charge on any atom is -0.489 e. The van der Waals surface area contributed by atoms with Gasteiger partial charge in [0.05, 0.1) is 19.6 Å². The van der Waals surface area contributed by atoms with Gasteiger partial charge >= 0.3 is 11.9 Å². The topological polar surface area (TPSA) is 74.3 Å². The van der Waals surface area contributed by atoms with Crippen LogP contribution in [-0.2, 0) is 25.5 Å². The number of nitrogens with zero attached hydrogens (tertiary/aromatic N) is 1. The molecule has 2 heterocycles. The summed E-state index contributed by atoms with van der Waals surface area (Å²) < 4.78 is 22.2. The standard InChI is InChI=1S/C21H29NO6/c1-13-14(2)21-18(15(3)20(13)27-16(4)23)11-17(28-21)12-19(24)26-10-7-22-5-8-25-9-6-22/h17H,5-12H2,1-4H3. The molecule has 0 spiro atoms. The van der Waals surface area contributed by atoms with Crippen molar-refractivity contribution in [2.24, 2.45) is 0 Å². The average molecular weight is 391 g/mol. The predicted molar refractivity (Wildman–Crippen MR) is 103 cm³/mol. The van der Waals surface area contributed by atoms with E-state index in [-0.39, 0.29) is 24.5 Å². The maximum atomic E-state index is 12.2. The summed E-state index contributed by atoms with van der Waals surface area (Å²) in [6.07, 6.45) is 0.559. The van der Waals surface area contributed by atoms with Gasteiger partial charge in [-0.25, -0.2) is 0 Å². The van der Waals surface area contributed by atoms with Crippen LogP contribution in [0.5, 0.6) is 11.5 Å². The Morgan fingerprint density at radius 1 is 1.11 bits per heavy atom. The Hall–Kier alpha value is -2.12. The minimum absolute atomic E-state index is 0.207. The number of benzene rings is 1. The SMILES string of the molecule is CC(=O)Oc1c(C)c(C)c2c(c1C)CC(CC(=O)OCCN1CCOCC1)O2. The Morgan fingerprint density at radius 2 is 1.82 bits per heavy atom. The van der Waals surface area contributed by atoms with Crippen LogP contribution in [0.3, 0.4) is 0 Å². The third-order valence-electron chi connectivity index (χ3n) is 5.44. The Balaban J connectivity index is 1.56. The number of fused-ring (bicyclic) bond motifs is 1. The highest BCUT2D eigenvalue weighted by molar-refractivity contribution is 5.73. The molecule has 1 aromatic rings. The van der Waals surface area contributed by atoms with E-state index in [0.29, 0.717) is 18.8 Å². The second-order valence-electron chi connectivity index (χ2n) is 7.43. The summed E-state index contributed by atoms with van der Waals surface area (Å²) in [7, 11) is 0. The highest BCUT2D eigenvalue weighted by atomic mass is 16.5. The number of hydrogen-bond acceptors (Lipinski definition) is 7. The fraction of sp³-hybridized carbons (Fsp3) is 0.619. The van der Waals surface area contributed by atoms with Crippen molar-refractivity contribution in [1.82, 2.24) is 4.90 Å². The third-order valence-corrected chi connectivity index (χ3v) is 5.44. The molecule has 0 saturated carbocycles. The number of carbonyl (C=O) groups excluding carboxylic acids is 2. The first-order valence-corrected chi connectivity index (χ1v) is 9.80. The van der Waals surface area contributed by atoms with E-state index in [0.717, 1.165) is 60.9 Å². The fourth-order valence-electron chi connectivity index (χ4n) is 3.77. The quantitative estimate of drug-likeness (QED) is 0.543. The molecule has 2 aliphatic rings. The molecule has 3 rings (SSSR count).